The molecule has 104 valence electrons. The maximum absolute atomic E-state index is 11.8. The largest absolute Gasteiger partial charge is 0.411 e. The molecule has 1 aromatic rings. The van der Waals surface area contributed by atoms with Crippen LogP contribution in [0, 0.1) is 0 Å². The predicted octanol–water partition coefficient (Wildman–Crippen LogP) is 2.57. The Bertz CT molecular complexity index is 347. The van der Waals surface area contributed by atoms with Gasteiger partial charge in [-0.2, -0.15) is 13.2 Å². The van der Waals surface area contributed by atoms with Crippen molar-refractivity contribution in [2.75, 3.05) is 13.2 Å². The Morgan fingerprint density at radius 1 is 1.39 bits per heavy atom. The van der Waals surface area contributed by atoms with Gasteiger partial charge in [0.15, 0.2) is 0 Å². The van der Waals surface area contributed by atoms with Crippen LogP contribution in [0.3, 0.4) is 0 Å². The molecule has 0 bridgehead atoms. The Kier molecular flexibility index (Phi) is 5.68. The molecular weight excluding hydrogens is 245 g/mol. The van der Waals surface area contributed by atoms with Crippen molar-refractivity contribution in [3.8, 4) is 0 Å². The third-order valence-electron chi connectivity index (χ3n) is 2.29. The first-order chi connectivity index (χ1) is 8.37. The first-order valence-corrected chi connectivity index (χ1v) is 5.89. The Morgan fingerprint density at radius 3 is 2.72 bits per heavy atom. The van der Waals surface area contributed by atoms with Crippen molar-refractivity contribution in [3.05, 3.63) is 24.0 Å². The number of hydrogen-bond acceptors (Lipinski definition) is 2. The lowest BCUT2D eigenvalue weighted by Crippen LogP contribution is -2.21. The van der Waals surface area contributed by atoms with Gasteiger partial charge in [-0.1, -0.05) is 13.8 Å². The first-order valence-electron chi connectivity index (χ1n) is 5.89. The number of nitrogens with zero attached hydrogens (tertiary/aromatic N) is 1. The highest BCUT2D eigenvalue weighted by Gasteiger charge is 2.27. The summed E-state index contributed by atoms with van der Waals surface area (Å²) in [5.41, 5.74) is 1.11. The van der Waals surface area contributed by atoms with Gasteiger partial charge in [0.05, 0.1) is 6.61 Å². The molecule has 18 heavy (non-hydrogen) atoms. The SMILES string of the molecule is CC(C)NCc1ccn(CCOCC(F)(F)F)c1. The third-order valence-corrected chi connectivity index (χ3v) is 2.29. The summed E-state index contributed by atoms with van der Waals surface area (Å²) in [5.74, 6) is 0. The molecule has 0 atom stereocenters. The van der Waals surface area contributed by atoms with Crippen LogP contribution in [0.2, 0.25) is 0 Å². The molecule has 0 aliphatic rings. The molecular formula is C12H19F3N2O. The number of rotatable bonds is 7. The Labute approximate surface area is 105 Å². The van der Waals surface area contributed by atoms with Crippen molar-refractivity contribution in [1.82, 2.24) is 9.88 Å². The van der Waals surface area contributed by atoms with Crippen LogP contribution in [0.25, 0.3) is 0 Å². The molecule has 0 aromatic carbocycles. The number of ether oxygens (including phenoxy) is 1. The third kappa shape index (κ3) is 6.66. The van der Waals surface area contributed by atoms with Crippen molar-refractivity contribution in [2.24, 2.45) is 0 Å². The van der Waals surface area contributed by atoms with Gasteiger partial charge in [-0.25, -0.2) is 0 Å². The second-order valence-corrected chi connectivity index (χ2v) is 4.46. The lowest BCUT2D eigenvalue weighted by atomic mass is 10.3. The summed E-state index contributed by atoms with van der Waals surface area (Å²) in [7, 11) is 0. The summed E-state index contributed by atoms with van der Waals surface area (Å²) in [4.78, 5) is 0. The summed E-state index contributed by atoms with van der Waals surface area (Å²) < 4.78 is 41.8. The Morgan fingerprint density at radius 2 is 2.11 bits per heavy atom. The molecule has 0 saturated carbocycles. The Hall–Kier alpha value is -1.01. The van der Waals surface area contributed by atoms with Gasteiger partial charge >= 0.3 is 6.18 Å². The number of aromatic nitrogens is 1. The van der Waals surface area contributed by atoms with Crippen molar-refractivity contribution < 1.29 is 17.9 Å². The van der Waals surface area contributed by atoms with Crippen LogP contribution in [0.1, 0.15) is 19.4 Å². The number of alkyl halides is 3. The van der Waals surface area contributed by atoms with E-state index in [1.807, 2.05) is 23.0 Å². The molecule has 1 N–H and O–H groups in total. The van der Waals surface area contributed by atoms with Crippen LogP contribution in [0.5, 0.6) is 0 Å². The van der Waals surface area contributed by atoms with Crippen LogP contribution in [0.15, 0.2) is 18.5 Å². The zero-order valence-corrected chi connectivity index (χ0v) is 10.6. The summed E-state index contributed by atoms with van der Waals surface area (Å²) >= 11 is 0. The molecule has 1 heterocycles. The van der Waals surface area contributed by atoms with Gasteiger partial charge in [-0.05, 0) is 11.6 Å². The fraction of sp³-hybridized carbons (Fsp3) is 0.667. The minimum Gasteiger partial charge on any atom is -0.370 e. The van der Waals surface area contributed by atoms with Gasteiger partial charge in [0.1, 0.15) is 6.61 Å². The highest BCUT2D eigenvalue weighted by atomic mass is 19.4. The van der Waals surface area contributed by atoms with Gasteiger partial charge in [-0.15, -0.1) is 0 Å². The fourth-order valence-electron chi connectivity index (χ4n) is 1.41. The molecule has 1 aromatic heterocycles. The summed E-state index contributed by atoms with van der Waals surface area (Å²) in [5, 5.41) is 3.27. The van der Waals surface area contributed by atoms with Crippen molar-refractivity contribution in [3.63, 3.8) is 0 Å². The normalized spacial score (nSPS) is 12.3. The van der Waals surface area contributed by atoms with Crippen LogP contribution < -0.4 is 5.32 Å². The number of hydrogen-bond donors (Lipinski definition) is 1. The molecule has 0 aliphatic carbocycles. The number of halogens is 3. The van der Waals surface area contributed by atoms with Crippen molar-refractivity contribution in [1.29, 1.82) is 0 Å². The van der Waals surface area contributed by atoms with E-state index in [4.69, 9.17) is 0 Å². The van der Waals surface area contributed by atoms with Crippen molar-refractivity contribution >= 4 is 0 Å². The molecule has 0 saturated heterocycles. The van der Waals surface area contributed by atoms with Crippen LogP contribution in [-0.2, 0) is 17.8 Å². The van der Waals surface area contributed by atoms with Crippen LogP contribution in [0.4, 0.5) is 13.2 Å². The highest BCUT2D eigenvalue weighted by Crippen LogP contribution is 2.14. The summed E-state index contributed by atoms with van der Waals surface area (Å²) in [6.45, 7) is 4.18. The fourth-order valence-corrected chi connectivity index (χ4v) is 1.41. The molecule has 1 rings (SSSR count). The molecule has 0 unspecified atom stereocenters. The zero-order valence-electron chi connectivity index (χ0n) is 10.6. The molecule has 0 spiro atoms. The van der Waals surface area contributed by atoms with Gasteiger partial charge < -0.3 is 14.6 Å². The van der Waals surface area contributed by atoms with Crippen molar-refractivity contribution in [2.45, 2.75) is 39.2 Å². The average molecular weight is 264 g/mol. The maximum Gasteiger partial charge on any atom is 0.411 e. The highest BCUT2D eigenvalue weighted by molar-refractivity contribution is 5.09. The Balaban J connectivity index is 2.23. The minimum absolute atomic E-state index is 0.0608. The predicted molar refractivity (Wildman–Crippen MR) is 63.3 cm³/mol. The number of nitrogens with one attached hydrogen (secondary N) is 1. The van der Waals surface area contributed by atoms with Gasteiger partial charge in [0, 0.05) is 31.5 Å². The van der Waals surface area contributed by atoms with E-state index in [9.17, 15) is 13.2 Å². The maximum atomic E-state index is 11.8. The first kappa shape index (κ1) is 15.0. The lowest BCUT2D eigenvalue weighted by Gasteiger charge is -2.08. The topological polar surface area (TPSA) is 26.2 Å². The second-order valence-electron chi connectivity index (χ2n) is 4.46. The van der Waals surface area contributed by atoms with E-state index in [0.717, 1.165) is 12.1 Å². The second kappa shape index (κ2) is 6.80. The molecule has 0 radical (unpaired) electrons. The van der Waals surface area contributed by atoms with E-state index in [2.05, 4.69) is 23.9 Å². The van der Waals surface area contributed by atoms with Crippen LogP contribution >= 0.6 is 0 Å². The van der Waals surface area contributed by atoms with E-state index in [-0.39, 0.29) is 6.61 Å². The van der Waals surface area contributed by atoms with E-state index >= 15 is 0 Å². The quantitative estimate of drug-likeness (QED) is 0.766. The smallest absolute Gasteiger partial charge is 0.370 e. The van der Waals surface area contributed by atoms with E-state index in [0.29, 0.717) is 12.6 Å². The van der Waals surface area contributed by atoms with Gasteiger partial charge in [0.2, 0.25) is 0 Å². The molecule has 0 fully saturated rings. The van der Waals surface area contributed by atoms with Gasteiger partial charge in [0.25, 0.3) is 0 Å². The summed E-state index contributed by atoms with van der Waals surface area (Å²) in [6.07, 6.45) is -0.496. The zero-order chi connectivity index (χ0) is 13.6. The lowest BCUT2D eigenvalue weighted by molar-refractivity contribution is -0.174. The molecule has 0 aliphatic heterocycles. The van der Waals surface area contributed by atoms with E-state index < -0.39 is 12.8 Å². The molecule has 6 heteroatoms. The van der Waals surface area contributed by atoms with Gasteiger partial charge in [-0.3, -0.25) is 0 Å². The minimum atomic E-state index is -4.25. The molecule has 3 nitrogen and oxygen atoms in total. The van der Waals surface area contributed by atoms with Crippen LogP contribution in [-0.4, -0.2) is 30.0 Å². The molecule has 0 amide bonds. The average Bonchev–Trinajstić information content (AvgIpc) is 2.68. The standard InChI is InChI=1S/C12H19F3N2O/c1-10(2)16-7-11-3-4-17(8-11)5-6-18-9-12(13,14)15/h3-4,8,10,16H,5-7,9H2,1-2H3. The van der Waals surface area contributed by atoms with E-state index in [1.165, 1.54) is 0 Å². The van der Waals surface area contributed by atoms with E-state index in [1.54, 1.807) is 0 Å². The monoisotopic (exact) mass is 264 g/mol. The summed E-state index contributed by atoms with van der Waals surface area (Å²) in [6, 6.07) is 2.35.